The minimum absolute atomic E-state index is 0.0197. The normalized spacial score (nSPS) is 19.0. The first-order chi connectivity index (χ1) is 12.9. The quantitative estimate of drug-likeness (QED) is 0.675. The van der Waals surface area contributed by atoms with Gasteiger partial charge in [-0.15, -0.1) is 0 Å². The zero-order valence-electron chi connectivity index (χ0n) is 13.9. The molecule has 0 bridgehead atoms. The second kappa shape index (κ2) is 6.61. The maximum Gasteiger partial charge on any atom is 0.433 e. The van der Waals surface area contributed by atoms with Crippen LogP contribution in [0.3, 0.4) is 0 Å². The number of benzene rings is 1. The molecule has 8 heteroatoms. The molecule has 0 amide bonds. The van der Waals surface area contributed by atoms with Gasteiger partial charge in [0.1, 0.15) is 11.6 Å². The summed E-state index contributed by atoms with van der Waals surface area (Å²) < 4.78 is 52.7. The van der Waals surface area contributed by atoms with Gasteiger partial charge in [-0.3, -0.25) is 4.98 Å². The molecule has 1 N–H and O–H groups in total. The zero-order chi connectivity index (χ0) is 19.0. The van der Waals surface area contributed by atoms with E-state index in [4.69, 9.17) is 0 Å². The molecule has 0 aliphatic heterocycles. The first-order valence-electron chi connectivity index (χ1n) is 8.29. The fourth-order valence-electron chi connectivity index (χ4n) is 2.92. The van der Waals surface area contributed by atoms with Crippen LogP contribution in [-0.4, -0.2) is 21.0 Å². The highest BCUT2D eigenvalue weighted by Crippen LogP contribution is 2.43. The van der Waals surface area contributed by atoms with Gasteiger partial charge in [-0.25, -0.2) is 14.4 Å². The van der Waals surface area contributed by atoms with E-state index in [-0.39, 0.29) is 29.4 Å². The number of nitrogens with zero attached hydrogens (tertiary/aromatic N) is 3. The van der Waals surface area contributed by atoms with Gasteiger partial charge in [-0.05, 0) is 36.2 Å². The molecule has 1 aromatic carbocycles. The number of nitrogens with one attached hydrogen (secondary N) is 1. The van der Waals surface area contributed by atoms with Crippen LogP contribution in [0.2, 0.25) is 0 Å². The molecule has 2 aromatic heterocycles. The van der Waals surface area contributed by atoms with Crippen molar-refractivity contribution in [2.45, 2.75) is 24.6 Å². The minimum atomic E-state index is -4.58. The first-order valence-corrected chi connectivity index (χ1v) is 8.29. The van der Waals surface area contributed by atoms with Crippen molar-refractivity contribution in [3.05, 3.63) is 71.9 Å². The zero-order valence-corrected chi connectivity index (χ0v) is 13.9. The predicted octanol–water partition coefficient (Wildman–Crippen LogP) is 4.66. The molecule has 1 saturated carbocycles. The molecular formula is C19H14F4N4. The van der Waals surface area contributed by atoms with E-state index >= 15 is 0 Å². The number of aromatic nitrogens is 3. The maximum absolute atomic E-state index is 13.2. The lowest BCUT2D eigenvalue weighted by molar-refractivity contribution is -0.141. The number of hydrogen-bond acceptors (Lipinski definition) is 4. The van der Waals surface area contributed by atoms with Gasteiger partial charge in [0, 0.05) is 36.0 Å². The van der Waals surface area contributed by atoms with Crippen molar-refractivity contribution in [3.8, 4) is 11.4 Å². The van der Waals surface area contributed by atoms with Crippen LogP contribution in [0, 0.1) is 5.82 Å². The summed E-state index contributed by atoms with van der Waals surface area (Å²) in [5, 5.41) is 3.04. The lowest BCUT2D eigenvalue weighted by Crippen LogP contribution is -2.13. The third-order valence-corrected chi connectivity index (χ3v) is 4.38. The van der Waals surface area contributed by atoms with E-state index in [9.17, 15) is 17.6 Å². The molecule has 0 spiro atoms. The van der Waals surface area contributed by atoms with Crippen LogP contribution in [0.5, 0.6) is 0 Å². The number of hydrogen-bond donors (Lipinski definition) is 1. The Morgan fingerprint density at radius 3 is 2.33 bits per heavy atom. The molecule has 1 aliphatic rings. The summed E-state index contributed by atoms with van der Waals surface area (Å²) >= 11 is 0. The number of anilines is 1. The highest BCUT2D eigenvalue weighted by Gasteiger charge is 2.39. The lowest BCUT2D eigenvalue weighted by atomic mass is 10.1. The van der Waals surface area contributed by atoms with Gasteiger partial charge in [0.2, 0.25) is 0 Å². The van der Waals surface area contributed by atoms with Crippen LogP contribution in [0.4, 0.5) is 23.4 Å². The Hall–Kier alpha value is -3.03. The SMILES string of the molecule is Fc1ccc([C@@H]2C[C@H]2Nc2cc(C(F)(F)F)nc(-c3ccncc3)n2)cc1. The van der Waals surface area contributed by atoms with E-state index in [1.165, 1.54) is 24.5 Å². The highest BCUT2D eigenvalue weighted by molar-refractivity contribution is 5.57. The summed E-state index contributed by atoms with van der Waals surface area (Å²) in [4.78, 5) is 11.7. The molecule has 1 fully saturated rings. The Labute approximate surface area is 152 Å². The van der Waals surface area contributed by atoms with Crippen molar-refractivity contribution in [2.24, 2.45) is 0 Å². The molecular weight excluding hydrogens is 360 g/mol. The van der Waals surface area contributed by atoms with Crippen LogP contribution < -0.4 is 5.32 Å². The second-order valence-corrected chi connectivity index (χ2v) is 6.34. The number of rotatable bonds is 4. The average molecular weight is 374 g/mol. The number of alkyl halides is 3. The summed E-state index contributed by atoms with van der Waals surface area (Å²) in [5.41, 5.74) is 0.379. The maximum atomic E-state index is 13.2. The molecule has 2 heterocycles. The van der Waals surface area contributed by atoms with Gasteiger partial charge in [-0.2, -0.15) is 13.2 Å². The first kappa shape index (κ1) is 17.4. The van der Waals surface area contributed by atoms with Crippen molar-refractivity contribution in [2.75, 3.05) is 5.32 Å². The summed E-state index contributed by atoms with van der Waals surface area (Å²) in [6.45, 7) is 0. The summed E-state index contributed by atoms with van der Waals surface area (Å²) in [7, 11) is 0. The van der Waals surface area contributed by atoms with Crippen LogP contribution >= 0.6 is 0 Å². The van der Waals surface area contributed by atoms with Crippen molar-refractivity contribution in [1.82, 2.24) is 15.0 Å². The Morgan fingerprint density at radius 2 is 1.67 bits per heavy atom. The third kappa shape index (κ3) is 3.89. The Morgan fingerprint density at radius 1 is 0.963 bits per heavy atom. The standard InChI is InChI=1S/C19H14F4N4/c20-13-3-1-11(2-4-13)14-9-15(14)25-17-10-16(19(21,22)23)26-18(27-17)12-5-7-24-8-6-12/h1-8,10,14-15H,9H2,(H,25,26,27)/t14-,15+/m0/s1. The fourth-order valence-corrected chi connectivity index (χ4v) is 2.92. The van der Waals surface area contributed by atoms with Crippen LogP contribution in [-0.2, 0) is 6.18 Å². The van der Waals surface area contributed by atoms with E-state index in [1.807, 2.05) is 0 Å². The van der Waals surface area contributed by atoms with Gasteiger partial charge in [-0.1, -0.05) is 12.1 Å². The number of halogens is 4. The molecule has 138 valence electrons. The van der Waals surface area contributed by atoms with Crippen molar-refractivity contribution < 1.29 is 17.6 Å². The molecule has 3 aromatic rings. The van der Waals surface area contributed by atoms with Crippen LogP contribution in [0.15, 0.2) is 54.9 Å². The van der Waals surface area contributed by atoms with Gasteiger partial charge < -0.3 is 5.32 Å². The van der Waals surface area contributed by atoms with Gasteiger partial charge in [0.25, 0.3) is 0 Å². The van der Waals surface area contributed by atoms with E-state index in [1.54, 1.807) is 24.3 Å². The van der Waals surface area contributed by atoms with E-state index in [2.05, 4.69) is 20.3 Å². The van der Waals surface area contributed by atoms with Gasteiger partial charge >= 0.3 is 6.18 Å². The Bertz CT molecular complexity index is 942. The highest BCUT2D eigenvalue weighted by atomic mass is 19.4. The molecule has 27 heavy (non-hydrogen) atoms. The molecule has 1 aliphatic carbocycles. The molecule has 2 atom stereocenters. The van der Waals surface area contributed by atoms with Crippen molar-refractivity contribution >= 4 is 5.82 Å². The van der Waals surface area contributed by atoms with Gasteiger partial charge in [0.15, 0.2) is 11.5 Å². The lowest BCUT2D eigenvalue weighted by Gasteiger charge is -2.12. The smallest absolute Gasteiger partial charge is 0.367 e. The molecule has 4 nitrogen and oxygen atoms in total. The molecule has 4 rings (SSSR count). The van der Waals surface area contributed by atoms with Crippen LogP contribution in [0.1, 0.15) is 23.6 Å². The molecule has 0 radical (unpaired) electrons. The summed E-state index contributed by atoms with van der Waals surface area (Å²) in [6.07, 6.45) is -0.905. The molecule has 0 saturated heterocycles. The third-order valence-electron chi connectivity index (χ3n) is 4.38. The summed E-state index contributed by atoms with van der Waals surface area (Å²) in [5.74, 6) is -0.122. The van der Waals surface area contributed by atoms with E-state index in [0.717, 1.165) is 18.1 Å². The summed E-state index contributed by atoms with van der Waals surface area (Å²) in [6, 6.07) is 10.1. The Kier molecular flexibility index (Phi) is 4.25. The predicted molar refractivity (Wildman–Crippen MR) is 91.4 cm³/mol. The van der Waals surface area contributed by atoms with E-state index < -0.39 is 11.9 Å². The van der Waals surface area contributed by atoms with E-state index in [0.29, 0.717) is 5.56 Å². The van der Waals surface area contributed by atoms with Crippen molar-refractivity contribution in [3.63, 3.8) is 0 Å². The second-order valence-electron chi connectivity index (χ2n) is 6.34. The Balaban J connectivity index is 1.60. The average Bonchev–Trinajstić information content (AvgIpc) is 3.41. The topological polar surface area (TPSA) is 50.7 Å². The fraction of sp³-hybridized carbons (Fsp3) is 0.211. The largest absolute Gasteiger partial charge is 0.433 e. The minimum Gasteiger partial charge on any atom is -0.367 e. The molecule has 0 unspecified atom stereocenters. The van der Waals surface area contributed by atoms with Crippen LogP contribution in [0.25, 0.3) is 11.4 Å². The van der Waals surface area contributed by atoms with Crippen molar-refractivity contribution in [1.29, 1.82) is 0 Å². The number of pyridine rings is 1. The van der Waals surface area contributed by atoms with Gasteiger partial charge in [0.05, 0.1) is 0 Å². The monoisotopic (exact) mass is 374 g/mol.